The zero-order valence-corrected chi connectivity index (χ0v) is 25.1. The SMILES string of the molecule is O=C(/C=C/c1cn([C@H]2C[C@@H](O)[C@@H](COP(=O)(O)OP(=O)(O)OP(=O)(O)O)O2)c(=O)[nH]c1=O)NCCNc1ncnc2nc[nH]c12. The van der Waals surface area contributed by atoms with Gasteiger partial charge in [0, 0.05) is 31.8 Å². The number of amides is 1. The van der Waals surface area contributed by atoms with Crippen molar-refractivity contribution in [1.29, 1.82) is 0 Å². The number of nitrogens with one attached hydrogen (secondary N) is 4. The molecule has 0 saturated carbocycles. The lowest BCUT2D eigenvalue weighted by molar-refractivity contribution is -0.116. The van der Waals surface area contributed by atoms with Crippen molar-refractivity contribution in [3.63, 3.8) is 0 Å². The average Bonchev–Trinajstić information content (AvgIpc) is 3.54. The zero-order valence-electron chi connectivity index (χ0n) is 22.4. The Morgan fingerprint density at radius 1 is 1.11 bits per heavy atom. The number of aromatic nitrogens is 6. The first-order chi connectivity index (χ1) is 21.0. The molecule has 2 unspecified atom stereocenters. The zero-order chi connectivity index (χ0) is 33.0. The van der Waals surface area contributed by atoms with E-state index in [1.807, 2.05) is 4.98 Å². The molecule has 0 radical (unpaired) electrons. The number of hydrogen-bond acceptors (Lipinski definition) is 15. The monoisotopic (exact) mass is 698 g/mol. The van der Waals surface area contributed by atoms with Gasteiger partial charge in [0.2, 0.25) is 5.91 Å². The van der Waals surface area contributed by atoms with Crippen LogP contribution in [0.2, 0.25) is 0 Å². The van der Waals surface area contributed by atoms with Crippen LogP contribution in [0.15, 0.2) is 34.5 Å². The fourth-order valence-corrected chi connectivity index (χ4v) is 6.86. The largest absolute Gasteiger partial charge is 0.490 e. The van der Waals surface area contributed by atoms with Crippen LogP contribution >= 0.6 is 23.5 Å². The third kappa shape index (κ3) is 9.78. The van der Waals surface area contributed by atoms with Gasteiger partial charge in [-0.25, -0.2) is 33.4 Å². The number of H-pyrrole nitrogens is 2. The lowest BCUT2D eigenvalue weighted by Gasteiger charge is -2.19. The van der Waals surface area contributed by atoms with Crippen LogP contribution < -0.4 is 21.9 Å². The Morgan fingerprint density at radius 3 is 2.60 bits per heavy atom. The second-order valence-corrected chi connectivity index (χ2v) is 13.4. The van der Waals surface area contributed by atoms with Crippen molar-refractivity contribution in [3.8, 4) is 0 Å². The van der Waals surface area contributed by atoms with E-state index in [9.17, 15) is 43.0 Å². The summed E-state index contributed by atoms with van der Waals surface area (Å²) in [5, 5.41) is 15.9. The maximum absolute atomic E-state index is 12.4. The number of imidazole rings is 1. The molecule has 1 fully saturated rings. The molecule has 1 aliphatic rings. The van der Waals surface area contributed by atoms with Crippen LogP contribution in [0.25, 0.3) is 17.2 Å². The van der Waals surface area contributed by atoms with Gasteiger partial charge < -0.3 is 45.0 Å². The number of aromatic amines is 2. The molecule has 1 aliphatic heterocycles. The smallest absolute Gasteiger partial charge is 0.390 e. The number of aliphatic hydroxyl groups excluding tert-OH is 1. The van der Waals surface area contributed by atoms with Crippen molar-refractivity contribution in [2.24, 2.45) is 0 Å². The van der Waals surface area contributed by atoms with Crippen LogP contribution in [0.4, 0.5) is 5.82 Å². The standard InChI is InChI=1S/C19H25N8O15P3/c28-11-5-14(40-12(11)7-39-44(35,36)42-45(37,38)41-43(32,33)34)27-6-10(18(30)26-19(27)31)1-2-13(29)20-3-4-21-16-15-17(23-8-22-15)25-9-24-16/h1-2,6,8-9,11-12,14,28H,3-5,7H2,(H,20,29)(H,35,36)(H,37,38)(H,26,30,31)(H2,32,33,34)(H2,21,22,23,24,25)/b2-1+/t11-,12-,14-/m1/s1. The number of fused-ring (bicyclic) bond motifs is 1. The van der Waals surface area contributed by atoms with Gasteiger partial charge in [0.05, 0.1) is 24.6 Å². The first-order valence-electron chi connectivity index (χ1n) is 12.3. The second-order valence-electron chi connectivity index (χ2n) is 8.94. The predicted molar refractivity (Wildman–Crippen MR) is 148 cm³/mol. The van der Waals surface area contributed by atoms with E-state index in [-0.39, 0.29) is 25.1 Å². The van der Waals surface area contributed by atoms with Crippen LogP contribution in [0, 0.1) is 0 Å². The highest BCUT2D eigenvalue weighted by Crippen LogP contribution is 2.66. The summed E-state index contributed by atoms with van der Waals surface area (Å²) in [6.07, 6.45) is 1.56. The molecule has 1 amide bonds. The molecular formula is C19H25N8O15P3. The number of hydrogen-bond donors (Lipinski definition) is 9. The summed E-state index contributed by atoms with van der Waals surface area (Å²) in [6, 6.07) is 0. The Kier molecular flexibility index (Phi) is 10.6. The van der Waals surface area contributed by atoms with Gasteiger partial charge in [0.25, 0.3) is 5.56 Å². The normalized spacial score (nSPS) is 21.5. The maximum atomic E-state index is 12.4. The highest BCUT2D eigenvalue weighted by atomic mass is 31.3. The van der Waals surface area contributed by atoms with E-state index < -0.39 is 65.7 Å². The molecule has 0 bridgehead atoms. The maximum Gasteiger partial charge on any atom is 0.490 e. The molecule has 26 heteroatoms. The Balaban J connectivity index is 1.32. The predicted octanol–water partition coefficient (Wildman–Crippen LogP) is -1.56. The molecule has 45 heavy (non-hydrogen) atoms. The van der Waals surface area contributed by atoms with Crippen molar-refractivity contribution in [2.45, 2.75) is 24.9 Å². The van der Waals surface area contributed by atoms with E-state index in [0.717, 1.165) is 22.9 Å². The number of carbonyl (C=O) groups is 1. The van der Waals surface area contributed by atoms with Crippen molar-refractivity contribution >= 4 is 52.4 Å². The number of carbonyl (C=O) groups excluding carboxylic acids is 1. The van der Waals surface area contributed by atoms with Crippen molar-refractivity contribution in [3.05, 3.63) is 51.3 Å². The molecule has 0 aromatic carbocycles. The number of rotatable bonds is 14. The molecule has 4 heterocycles. The third-order valence-electron chi connectivity index (χ3n) is 5.68. The van der Waals surface area contributed by atoms with E-state index in [4.69, 9.17) is 14.5 Å². The van der Waals surface area contributed by atoms with Gasteiger partial charge in [-0.15, -0.1) is 0 Å². The Bertz CT molecular complexity index is 1840. The van der Waals surface area contributed by atoms with Gasteiger partial charge in [-0.05, 0) is 6.08 Å². The van der Waals surface area contributed by atoms with E-state index >= 15 is 0 Å². The van der Waals surface area contributed by atoms with Crippen molar-refractivity contribution in [1.82, 2.24) is 34.8 Å². The first-order valence-corrected chi connectivity index (χ1v) is 16.9. The fraction of sp³-hybridized carbons (Fsp3) is 0.368. The Morgan fingerprint density at radius 2 is 1.87 bits per heavy atom. The summed E-state index contributed by atoms with van der Waals surface area (Å²) in [5.74, 6) is -0.103. The molecule has 4 rings (SSSR count). The molecule has 0 spiro atoms. The molecule has 5 atom stereocenters. The summed E-state index contributed by atoms with van der Waals surface area (Å²) in [5.41, 5.74) is -0.920. The molecule has 246 valence electrons. The number of anilines is 1. The molecule has 1 saturated heterocycles. The summed E-state index contributed by atoms with van der Waals surface area (Å²) in [6.45, 7) is -0.528. The Hall–Kier alpha value is -3.43. The van der Waals surface area contributed by atoms with Gasteiger partial charge in [-0.2, -0.15) is 8.62 Å². The number of ether oxygens (including phenoxy) is 1. The number of phosphoric ester groups is 1. The second kappa shape index (κ2) is 13.9. The minimum absolute atomic E-state index is 0.152. The van der Waals surface area contributed by atoms with Crippen LogP contribution in [-0.2, 0) is 36.4 Å². The van der Waals surface area contributed by atoms with Crippen LogP contribution in [-0.4, -0.2) is 92.0 Å². The van der Waals surface area contributed by atoms with Crippen LogP contribution in [0.1, 0.15) is 18.2 Å². The van der Waals surface area contributed by atoms with E-state index in [2.05, 4.69) is 43.7 Å². The Labute approximate surface area is 249 Å². The lowest BCUT2D eigenvalue weighted by atomic mass is 10.2. The summed E-state index contributed by atoms with van der Waals surface area (Å²) in [4.78, 5) is 89.9. The van der Waals surface area contributed by atoms with Crippen LogP contribution in [0.3, 0.4) is 0 Å². The quantitative estimate of drug-likeness (QED) is 0.0522. The lowest BCUT2D eigenvalue weighted by Crippen LogP contribution is -2.33. The molecule has 3 aromatic heterocycles. The van der Waals surface area contributed by atoms with Gasteiger partial charge in [0.15, 0.2) is 11.5 Å². The molecule has 3 aromatic rings. The number of aliphatic hydroxyl groups is 1. The minimum atomic E-state index is -5.76. The fourth-order valence-electron chi connectivity index (χ4n) is 3.83. The highest BCUT2D eigenvalue weighted by Gasteiger charge is 2.43. The summed E-state index contributed by atoms with van der Waals surface area (Å²) >= 11 is 0. The summed E-state index contributed by atoms with van der Waals surface area (Å²) < 4.78 is 52.1. The molecule has 9 N–H and O–H groups in total. The number of nitrogens with zero attached hydrogens (tertiary/aromatic N) is 4. The van der Waals surface area contributed by atoms with Crippen molar-refractivity contribution < 1.29 is 61.1 Å². The molecular weight excluding hydrogens is 673 g/mol. The average molecular weight is 698 g/mol. The first kappa shape index (κ1) is 34.4. The highest BCUT2D eigenvalue weighted by molar-refractivity contribution is 7.66. The topological polar surface area (TPSA) is 340 Å². The molecule has 23 nitrogen and oxygen atoms in total. The number of phosphoric acid groups is 3. The van der Waals surface area contributed by atoms with Gasteiger partial charge in [-0.3, -0.25) is 23.7 Å². The molecule has 0 aliphatic carbocycles. The van der Waals surface area contributed by atoms with E-state index in [1.165, 1.54) is 12.7 Å². The van der Waals surface area contributed by atoms with Gasteiger partial charge in [0.1, 0.15) is 24.2 Å². The summed E-state index contributed by atoms with van der Waals surface area (Å²) in [7, 11) is -16.9. The van der Waals surface area contributed by atoms with Gasteiger partial charge in [-0.1, -0.05) is 0 Å². The van der Waals surface area contributed by atoms with E-state index in [1.54, 1.807) is 0 Å². The minimum Gasteiger partial charge on any atom is -0.390 e. The van der Waals surface area contributed by atoms with Gasteiger partial charge >= 0.3 is 29.2 Å². The van der Waals surface area contributed by atoms with Crippen molar-refractivity contribution in [2.75, 3.05) is 25.0 Å². The third-order valence-corrected chi connectivity index (χ3v) is 9.48. The van der Waals surface area contributed by atoms with E-state index in [0.29, 0.717) is 17.0 Å². The van der Waals surface area contributed by atoms with Crippen LogP contribution in [0.5, 0.6) is 0 Å².